The number of thioether (sulfide) groups is 1. The van der Waals surface area contributed by atoms with Crippen molar-refractivity contribution >= 4 is 45.7 Å². The first-order valence-electron chi connectivity index (χ1n) is 11.1. The first-order valence-corrected chi connectivity index (χ1v) is 12.9. The fourth-order valence-electron chi connectivity index (χ4n) is 3.42. The molecule has 2 heterocycles. The number of nitrogens with one attached hydrogen (secondary N) is 2. The van der Waals surface area contributed by atoms with Gasteiger partial charge in [0.2, 0.25) is 5.91 Å². The summed E-state index contributed by atoms with van der Waals surface area (Å²) in [6, 6.07) is 12.2. The van der Waals surface area contributed by atoms with Gasteiger partial charge in [-0.05, 0) is 25.5 Å². The minimum atomic E-state index is -0.429. The Balaban J connectivity index is 1.31. The maximum absolute atomic E-state index is 12.5. The number of amides is 2. The molecule has 2 aromatic carbocycles. The second-order valence-corrected chi connectivity index (χ2v) is 9.89. The zero-order chi connectivity index (χ0) is 26.5. The van der Waals surface area contributed by atoms with Crippen molar-refractivity contribution in [3.8, 4) is 11.3 Å². The Morgan fingerprint density at radius 3 is 2.68 bits per heavy atom. The summed E-state index contributed by atoms with van der Waals surface area (Å²) in [5, 5.41) is 27.7. The molecule has 0 atom stereocenters. The molecule has 13 heteroatoms. The van der Waals surface area contributed by atoms with Gasteiger partial charge in [-0.2, -0.15) is 0 Å². The molecule has 4 rings (SSSR count). The summed E-state index contributed by atoms with van der Waals surface area (Å²) in [7, 11) is 1.77. The van der Waals surface area contributed by atoms with Gasteiger partial charge in [-0.1, -0.05) is 42.1 Å². The highest BCUT2D eigenvalue weighted by molar-refractivity contribution is 7.99. The van der Waals surface area contributed by atoms with E-state index in [9.17, 15) is 19.7 Å². The van der Waals surface area contributed by atoms with Crippen LogP contribution >= 0.6 is 23.1 Å². The number of benzene rings is 2. The lowest BCUT2D eigenvalue weighted by Crippen LogP contribution is -2.25. The molecule has 0 saturated carbocycles. The van der Waals surface area contributed by atoms with E-state index < -0.39 is 4.92 Å². The first kappa shape index (κ1) is 26.0. The Kier molecular flexibility index (Phi) is 7.94. The van der Waals surface area contributed by atoms with Gasteiger partial charge in [-0.25, -0.2) is 4.98 Å². The molecule has 37 heavy (non-hydrogen) atoms. The number of carbonyl (C=O) groups is 2. The molecular formula is C24H23N7O4S2. The topological polar surface area (TPSA) is 145 Å². The molecule has 0 radical (unpaired) electrons. The number of nitrogens with zero attached hydrogens (tertiary/aromatic N) is 5. The molecule has 190 valence electrons. The van der Waals surface area contributed by atoms with Gasteiger partial charge in [0.05, 0.1) is 22.9 Å². The average molecular weight is 538 g/mol. The van der Waals surface area contributed by atoms with Crippen LogP contribution in [0.1, 0.15) is 27.3 Å². The molecular weight excluding hydrogens is 514 g/mol. The third-order valence-electron chi connectivity index (χ3n) is 5.51. The Morgan fingerprint density at radius 2 is 1.92 bits per heavy atom. The van der Waals surface area contributed by atoms with E-state index in [-0.39, 0.29) is 29.8 Å². The summed E-state index contributed by atoms with van der Waals surface area (Å²) in [6.07, 6.45) is 0. The number of nitro benzene ring substituents is 1. The highest BCUT2D eigenvalue weighted by Gasteiger charge is 2.16. The lowest BCUT2D eigenvalue weighted by molar-refractivity contribution is -0.385. The number of hydrogen-bond acceptors (Lipinski definition) is 9. The minimum Gasteiger partial charge on any atom is -0.345 e. The average Bonchev–Trinajstić information content (AvgIpc) is 3.48. The van der Waals surface area contributed by atoms with E-state index >= 15 is 0 Å². The third-order valence-corrected chi connectivity index (χ3v) is 7.28. The first-order chi connectivity index (χ1) is 17.7. The maximum Gasteiger partial charge on any atom is 0.272 e. The quantitative estimate of drug-likeness (QED) is 0.184. The predicted molar refractivity (Wildman–Crippen MR) is 142 cm³/mol. The SMILES string of the molecule is Cc1ccccc1C(=O)NCc1nnc(SCC(=O)Nc2nc(-c3ccc(C)c([N+](=O)[O-])c3)cs2)n1C. The molecule has 0 aliphatic rings. The van der Waals surface area contributed by atoms with Gasteiger partial charge in [-0.15, -0.1) is 21.5 Å². The highest BCUT2D eigenvalue weighted by Crippen LogP contribution is 2.29. The van der Waals surface area contributed by atoms with Crippen molar-refractivity contribution in [3.05, 3.63) is 80.5 Å². The summed E-state index contributed by atoms with van der Waals surface area (Å²) >= 11 is 2.44. The smallest absolute Gasteiger partial charge is 0.272 e. The largest absolute Gasteiger partial charge is 0.345 e. The van der Waals surface area contributed by atoms with Crippen LogP contribution in [-0.2, 0) is 18.4 Å². The zero-order valence-electron chi connectivity index (χ0n) is 20.2. The van der Waals surface area contributed by atoms with E-state index in [4.69, 9.17) is 0 Å². The minimum absolute atomic E-state index is 0.0188. The molecule has 0 aliphatic heterocycles. The second-order valence-electron chi connectivity index (χ2n) is 8.09. The number of nitro groups is 1. The monoisotopic (exact) mass is 537 g/mol. The molecule has 2 aromatic heterocycles. The lowest BCUT2D eigenvalue weighted by Gasteiger charge is -2.07. The number of thiazole rings is 1. The van der Waals surface area contributed by atoms with E-state index in [0.717, 1.165) is 5.56 Å². The number of hydrogen-bond donors (Lipinski definition) is 2. The predicted octanol–water partition coefficient (Wildman–Crippen LogP) is 4.12. The van der Waals surface area contributed by atoms with Crippen LogP contribution in [0.3, 0.4) is 0 Å². The van der Waals surface area contributed by atoms with Gasteiger partial charge >= 0.3 is 0 Å². The Labute approximate surface area is 220 Å². The summed E-state index contributed by atoms with van der Waals surface area (Å²) in [5.41, 5.74) is 3.21. The molecule has 0 aliphatic carbocycles. The number of aromatic nitrogens is 4. The molecule has 0 fully saturated rings. The zero-order valence-corrected chi connectivity index (χ0v) is 21.9. The van der Waals surface area contributed by atoms with Crippen LogP contribution in [0.15, 0.2) is 53.0 Å². The molecule has 11 nitrogen and oxygen atoms in total. The summed E-state index contributed by atoms with van der Waals surface area (Å²) in [4.78, 5) is 40.1. The van der Waals surface area contributed by atoms with Crippen molar-refractivity contribution in [2.24, 2.45) is 7.05 Å². The molecule has 0 bridgehead atoms. The van der Waals surface area contributed by atoms with Crippen LogP contribution in [-0.4, -0.2) is 42.2 Å². The lowest BCUT2D eigenvalue weighted by atomic mass is 10.1. The number of carbonyl (C=O) groups excluding carboxylic acids is 2. The Hall–Kier alpha value is -4.10. The van der Waals surface area contributed by atoms with Crippen LogP contribution in [0.4, 0.5) is 10.8 Å². The maximum atomic E-state index is 12.5. The summed E-state index contributed by atoms with van der Waals surface area (Å²) in [5.74, 6) is 0.157. The summed E-state index contributed by atoms with van der Waals surface area (Å²) in [6.45, 7) is 3.74. The van der Waals surface area contributed by atoms with E-state index in [1.54, 1.807) is 42.1 Å². The molecule has 0 saturated heterocycles. The van der Waals surface area contributed by atoms with E-state index in [0.29, 0.717) is 38.5 Å². The third kappa shape index (κ3) is 6.19. The van der Waals surface area contributed by atoms with Gasteiger partial charge < -0.3 is 15.2 Å². The molecule has 4 aromatic rings. The van der Waals surface area contributed by atoms with E-state index in [1.807, 2.05) is 25.1 Å². The van der Waals surface area contributed by atoms with Crippen molar-refractivity contribution in [2.75, 3.05) is 11.1 Å². The van der Waals surface area contributed by atoms with Crippen molar-refractivity contribution in [1.29, 1.82) is 0 Å². The van der Waals surface area contributed by atoms with Crippen LogP contribution < -0.4 is 10.6 Å². The molecule has 2 N–H and O–H groups in total. The van der Waals surface area contributed by atoms with Crippen LogP contribution in [0, 0.1) is 24.0 Å². The number of rotatable bonds is 9. The van der Waals surface area contributed by atoms with Crippen molar-refractivity contribution in [3.63, 3.8) is 0 Å². The van der Waals surface area contributed by atoms with Crippen LogP contribution in [0.25, 0.3) is 11.3 Å². The van der Waals surface area contributed by atoms with Gasteiger partial charge in [0, 0.05) is 35.2 Å². The van der Waals surface area contributed by atoms with Crippen molar-refractivity contribution in [2.45, 2.75) is 25.5 Å². The molecule has 0 spiro atoms. The van der Waals surface area contributed by atoms with Crippen molar-refractivity contribution in [1.82, 2.24) is 25.1 Å². The molecule has 0 unspecified atom stereocenters. The van der Waals surface area contributed by atoms with E-state index in [2.05, 4.69) is 25.8 Å². The number of anilines is 1. The fourth-order valence-corrected chi connectivity index (χ4v) is 4.89. The van der Waals surface area contributed by atoms with Crippen molar-refractivity contribution < 1.29 is 14.5 Å². The second kappa shape index (κ2) is 11.3. The van der Waals surface area contributed by atoms with Crippen LogP contribution in [0.5, 0.6) is 0 Å². The fraction of sp³-hybridized carbons (Fsp3) is 0.208. The van der Waals surface area contributed by atoms with Gasteiger partial charge in [0.1, 0.15) is 0 Å². The van der Waals surface area contributed by atoms with Gasteiger partial charge in [0.15, 0.2) is 16.1 Å². The number of aryl methyl sites for hydroxylation is 2. The van der Waals surface area contributed by atoms with Gasteiger partial charge in [-0.3, -0.25) is 19.7 Å². The highest BCUT2D eigenvalue weighted by atomic mass is 32.2. The van der Waals surface area contributed by atoms with Crippen LogP contribution in [0.2, 0.25) is 0 Å². The Bertz CT molecular complexity index is 1480. The normalized spacial score (nSPS) is 10.8. The Morgan fingerprint density at radius 1 is 1.14 bits per heavy atom. The molecule has 2 amide bonds. The van der Waals surface area contributed by atoms with E-state index in [1.165, 1.54) is 29.2 Å². The standard InChI is InChI=1S/C24H23N7O4S2/c1-14-6-4-5-7-17(14)22(33)25-11-20-28-29-24(30(20)3)37-13-21(32)27-23-26-18(12-36-23)16-9-8-15(2)19(10-16)31(34)35/h4-10,12H,11,13H2,1-3H3,(H,25,33)(H,26,27,32). The van der Waals surface area contributed by atoms with Gasteiger partial charge in [0.25, 0.3) is 11.6 Å². The summed E-state index contributed by atoms with van der Waals surface area (Å²) < 4.78 is 1.72.